The molecule has 1 aromatic heterocycles. The molecule has 0 radical (unpaired) electrons. The van der Waals surface area contributed by atoms with E-state index in [2.05, 4.69) is 0 Å². The first-order valence-electron chi connectivity index (χ1n) is 16.9. The fourth-order valence-electron chi connectivity index (χ4n) is 6.43. The smallest absolute Gasteiger partial charge is 0.239 e. The second kappa shape index (κ2) is 16.3. The number of ether oxygens (including phenoxy) is 7. The predicted molar refractivity (Wildman–Crippen MR) is 178 cm³/mol. The van der Waals surface area contributed by atoms with Crippen LogP contribution in [0.1, 0.15) is 6.92 Å². The number of methoxy groups -OCH3 is 1. The second-order valence-electron chi connectivity index (χ2n) is 13.2. The number of hydrogen-bond acceptors (Lipinski definition) is 21. The largest absolute Gasteiger partial charge is 0.507 e. The average Bonchev–Trinajstić information content (AvgIpc) is 3.16. The maximum Gasteiger partial charge on any atom is 0.239 e. The van der Waals surface area contributed by atoms with Crippen LogP contribution in [0.25, 0.3) is 22.3 Å². The van der Waals surface area contributed by atoms with Gasteiger partial charge in [-0.2, -0.15) is 0 Å². The highest BCUT2D eigenvalue weighted by atomic mass is 16.8. The van der Waals surface area contributed by atoms with Crippen molar-refractivity contribution in [3.05, 3.63) is 40.6 Å². The van der Waals surface area contributed by atoms with E-state index in [1.165, 1.54) is 32.2 Å². The molecule has 3 aromatic rings. The van der Waals surface area contributed by atoms with Crippen molar-refractivity contribution >= 4 is 11.0 Å². The van der Waals surface area contributed by atoms with E-state index >= 15 is 0 Å². The van der Waals surface area contributed by atoms with E-state index < -0.39 is 133 Å². The molecule has 15 atom stereocenters. The summed E-state index contributed by atoms with van der Waals surface area (Å²) in [4.78, 5) is 14.3. The van der Waals surface area contributed by atoms with E-state index in [9.17, 15) is 66.1 Å². The highest BCUT2D eigenvalue weighted by Gasteiger charge is 2.52. The molecule has 3 fully saturated rings. The lowest BCUT2D eigenvalue weighted by Gasteiger charge is -2.45. The van der Waals surface area contributed by atoms with Crippen LogP contribution >= 0.6 is 0 Å². The molecular formula is C34H42O21. The van der Waals surface area contributed by atoms with Gasteiger partial charge in [-0.1, -0.05) is 0 Å². The van der Waals surface area contributed by atoms with Crippen molar-refractivity contribution in [1.82, 2.24) is 0 Å². The van der Waals surface area contributed by atoms with Crippen molar-refractivity contribution in [3.8, 4) is 40.1 Å². The summed E-state index contributed by atoms with van der Waals surface area (Å²) in [5.41, 5.74) is -1.44. The lowest BCUT2D eigenvalue weighted by atomic mass is 9.97. The molecule has 0 spiro atoms. The number of benzene rings is 2. The molecule has 3 saturated heterocycles. The van der Waals surface area contributed by atoms with E-state index in [4.69, 9.17) is 37.6 Å². The number of hydrogen-bond donors (Lipinski definition) is 12. The molecule has 55 heavy (non-hydrogen) atoms. The minimum absolute atomic E-state index is 0.00735. The van der Waals surface area contributed by atoms with Crippen LogP contribution in [0.4, 0.5) is 0 Å². The van der Waals surface area contributed by atoms with Gasteiger partial charge in [-0.05, 0) is 25.1 Å². The number of aromatic hydroxyl groups is 2. The third-order valence-corrected chi connectivity index (χ3v) is 9.61. The highest BCUT2D eigenvalue weighted by molar-refractivity contribution is 5.88. The molecule has 0 amide bonds. The number of rotatable bonds is 10. The summed E-state index contributed by atoms with van der Waals surface area (Å²) in [6.07, 6.45) is -25.7. The molecule has 21 heteroatoms. The molecule has 4 heterocycles. The Morgan fingerprint density at radius 3 is 1.95 bits per heavy atom. The molecule has 0 bridgehead atoms. The Morgan fingerprint density at radius 1 is 0.673 bits per heavy atom. The molecule has 3 aliphatic heterocycles. The quantitative estimate of drug-likeness (QED) is 0.0934. The number of fused-ring (bicyclic) bond motifs is 1. The Balaban J connectivity index is 1.44. The molecule has 0 aliphatic carbocycles. The van der Waals surface area contributed by atoms with Gasteiger partial charge in [0.15, 0.2) is 29.7 Å². The van der Waals surface area contributed by atoms with Crippen LogP contribution < -0.4 is 19.6 Å². The minimum atomic E-state index is -2.01. The SMILES string of the molecule is COc1cc(-c2oc3cc(O[C@H]4O[C@@H](C)[C@H](O)[C@H](O)[C@@H]4O)cc(O)c3c(=O)c2O[C@H]2O[C@@H](CO)[C@H](O)[C@H](O)[C@@H]2O[C@@H]2O[C@@H](CO)[C@H](O)[C@H](O)[C@@H]2O)ccc1O. The number of aliphatic hydroxyl groups is 10. The summed E-state index contributed by atoms with van der Waals surface area (Å²) in [5.74, 6) is -2.58. The fraction of sp³-hybridized carbons (Fsp3) is 0.559. The second-order valence-corrected chi connectivity index (χ2v) is 13.2. The van der Waals surface area contributed by atoms with Crippen LogP contribution in [0, 0.1) is 0 Å². The van der Waals surface area contributed by atoms with Gasteiger partial charge in [0.25, 0.3) is 0 Å². The number of phenolic OH excluding ortho intramolecular Hbond substituents is 2. The Kier molecular flexibility index (Phi) is 12.1. The standard InChI is InChI=1S/C34H42O21/c1-10-20(39)24(43)27(46)32(49-10)50-12-6-14(38)19-16(7-12)51-29(11-3-4-13(37)15(5-11)48-2)30(23(19)42)54-34-31(26(45)22(41)18(9-36)53-34)55-33-28(47)25(44)21(40)17(8-35)52-33/h3-7,10,17-18,20-22,24-28,31-41,43-47H,8-9H2,1-2H3/t10-,17-,18-,20-,21-,22-,24-,25-,26-,27-,28-,31-,32+,33-,34+/m0/s1. The summed E-state index contributed by atoms with van der Waals surface area (Å²) in [5, 5.41) is 124. The zero-order valence-corrected chi connectivity index (χ0v) is 29.0. The molecule has 3 aliphatic rings. The van der Waals surface area contributed by atoms with Crippen LogP contribution in [0.3, 0.4) is 0 Å². The first-order valence-corrected chi connectivity index (χ1v) is 16.9. The van der Waals surface area contributed by atoms with Gasteiger partial charge in [0.2, 0.25) is 23.8 Å². The van der Waals surface area contributed by atoms with Crippen LogP contribution in [-0.4, -0.2) is 174 Å². The van der Waals surface area contributed by atoms with Crippen molar-refractivity contribution in [2.24, 2.45) is 0 Å². The highest BCUT2D eigenvalue weighted by Crippen LogP contribution is 2.41. The lowest BCUT2D eigenvalue weighted by molar-refractivity contribution is -0.358. The minimum Gasteiger partial charge on any atom is -0.507 e. The third-order valence-electron chi connectivity index (χ3n) is 9.61. The predicted octanol–water partition coefficient (Wildman–Crippen LogP) is -3.91. The molecule has 12 N–H and O–H groups in total. The van der Waals surface area contributed by atoms with Gasteiger partial charge in [0, 0.05) is 17.7 Å². The van der Waals surface area contributed by atoms with E-state index in [1.54, 1.807) is 0 Å². The molecule has 0 unspecified atom stereocenters. The van der Waals surface area contributed by atoms with Gasteiger partial charge < -0.3 is 98.9 Å². The maximum absolute atomic E-state index is 14.3. The maximum atomic E-state index is 14.3. The molecule has 6 rings (SSSR count). The van der Waals surface area contributed by atoms with Gasteiger partial charge in [-0.25, -0.2) is 0 Å². The Bertz CT molecular complexity index is 1870. The van der Waals surface area contributed by atoms with Crippen LogP contribution in [0.5, 0.6) is 28.7 Å². The first kappa shape index (κ1) is 40.7. The van der Waals surface area contributed by atoms with Gasteiger partial charge in [0.1, 0.15) is 83.5 Å². The molecule has 21 nitrogen and oxygen atoms in total. The molecular weight excluding hydrogens is 744 g/mol. The number of aliphatic hydroxyl groups excluding tert-OH is 10. The van der Waals surface area contributed by atoms with Gasteiger partial charge in [0.05, 0.1) is 26.4 Å². The number of phenols is 2. The summed E-state index contributed by atoms with van der Waals surface area (Å²) >= 11 is 0. The molecule has 0 saturated carbocycles. The van der Waals surface area contributed by atoms with Gasteiger partial charge in [-0.3, -0.25) is 4.79 Å². The topological polar surface area (TPSA) is 338 Å². The molecule has 304 valence electrons. The van der Waals surface area contributed by atoms with Crippen LogP contribution in [0.2, 0.25) is 0 Å². The van der Waals surface area contributed by atoms with Crippen LogP contribution in [-0.2, 0) is 18.9 Å². The summed E-state index contributed by atoms with van der Waals surface area (Å²) in [6.45, 7) is -0.308. The van der Waals surface area contributed by atoms with E-state index in [0.717, 1.165) is 12.1 Å². The Labute approximate surface area is 309 Å². The Hall–Kier alpha value is -3.91. The summed E-state index contributed by atoms with van der Waals surface area (Å²) in [7, 11) is 1.24. The lowest BCUT2D eigenvalue weighted by Crippen LogP contribution is -2.65. The fourth-order valence-corrected chi connectivity index (χ4v) is 6.43. The van der Waals surface area contributed by atoms with Crippen LogP contribution in [0.15, 0.2) is 39.5 Å². The Morgan fingerprint density at radius 2 is 1.29 bits per heavy atom. The van der Waals surface area contributed by atoms with Gasteiger partial charge >= 0.3 is 0 Å². The van der Waals surface area contributed by atoms with Crippen molar-refractivity contribution in [2.75, 3.05) is 20.3 Å². The average molecular weight is 787 g/mol. The zero-order chi connectivity index (χ0) is 40.0. The monoisotopic (exact) mass is 786 g/mol. The zero-order valence-electron chi connectivity index (χ0n) is 29.0. The van der Waals surface area contributed by atoms with E-state index in [0.29, 0.717) is 0 Å². The molecule has 2 aromatic carbocycles. The summed E-state index contributed by atoms with van der Waals surface area (Å²) < 4.78 is 45.2. The van der Waals surface area contributed by atoms with Crippen molar-refractivity contribution in [3.63, 3.8) is 0 Å². The third kappa shape index (κ3) is 7.65. The summed E-state index contributed by atoms with van der Waals surface area (Å²) in [6, 6.07) is 5.80. The van der Waals surface area contributed by atoms with E-state index in [1.807, 2.05) is 0 Å². The first-order chi connectivity index (χ1) is 26.1. The normalized spacial score (nSPS) is 36.8. The van der Waals surface area contributed by atoms with Crippen molar-refractivity contribution in [2.45, 2.75) is 99.0 Å². The van der Waals surface area contributed by atoms with Crippen molar-refractivity contribution in [1.29, 1.82) is 0 Å². The van der Waals surface area contributed by atoms with Gasteiger partial charge in [-0.15, -0.1) is 0 Å². The van der Waals surface area contributed by atoms with E-state index in [-0.39, 0.29) is 28.4 Å². The van der Waals surface area contributed by atoms with Crippen molar-refractivity contribution < 1.29 is 98.9 Å².